The fraction of sp³-hybridized carbons (Fsp3) is 0.200. The maximum atomic E-state index is 4.69. The predicted octanol–water partition coefficient (Wildman–Crippen LogP) is 3.17. The van der Waals surface area contributed by atoms with Gasteiger partial charge in [0.25, 0.3) is 0 Å². The summed E-state index contributed by atoms with van der Waals surface area (Å²) >= 11 is 0. The van der Waals surface area contributed by atoms with Crippen LogP contribution in [-0.2, 0) is 0 Å². The van der Waals surface area contributed by atoms with E-state index in [1.165, 1.54) is 5.56 Å². The van der Waals surface area contributed by atoms with E-state index >= 15 is 0 Å². The van der Waals surface area contributed by atoms with Gasteiger partial charge in [0.15, 0.2) is 0 Å². The van der Waals surface area contributed by atoms with Crippen molar-refractivity contribution in [2.45, 2.75) is 6.92 Å². The molecule has 0 atom stereocenters. The summed E-state index contributed by atoms with van der Waals surface area (Å²) in [7, 11) is 3.82. The largest absolute Gasteiger partial charge is 0.388 e. The lowest BCUT2D eigenvalue weighted by molar-refractivity contribution is 1.35. The minimum absolute atomic E-state index is 0.908. The van der Waals surface area contributed by atoms with Crippen molar-refractivity contribution in [2.24, 2.45) is 0 Å². The van der Waals surface area contributed by atoms with Crippen molar-refractivity contribution in [3.8, 4) is 0 Å². The van der Waals surface area contributed by atoms with Crippen molar-refractivity contribution in [3.05, 3.63) is 35.9 Å². The van der Waals surface area contributed by atoms with Crippen LogP contribution in [-0.4, -0.2) is 24.1 Å². The van der Waals surface area contributed by atoms with Crippen LogP contribution in [0.4, 0.5) is 11.4 Å². The van der Waals surface area contributed by atoms with Gasteiger partial charge in [0.1, 0.15) is 0 Å². The first-order valence-corrected chi connectivity index (χ1v) is 6.29. The molecule has 2 N–H and O–H groups in total. The second kappa shape index (κ2) is 4.39. The molecule has 3 rings (SSSR count). The molecule has 0 fully saturated rings. The number of nitrogens with zero attached hydrogens (tertiary/aromatic N) is 2. The second-order valence-electron chi connectivity index (χ2n) is 4.58. The summed E-state index contributed by atoms with van der Waals surface area (Å²) in [5.41, 5.74) is 6.98. The van der Waals surface area contributed by atoms with Crippen molar-refractivity contribution in [1.29, 1.82) is 0 Å². The minimum atomic E-state index is 0.908. The summed E-state index contributed by atoms with van der Waals surface area (Å²) in [5, 5.41) is 6.30. The van der Waals surface area contributed by atoms with E-state index in [1.54, 1.807) is 0 Å². The fourth-order valence-corrected chi connectivity index (χ4v) is 2.25. The Morgan fingerprint density at radius 1 is 0.789 bits per heavy atom. The molecule has 4 nitrogen and oxygen atoms in total. The third kappa shape index (κ3) is 1.95. The average Bonchev–Trinajstić information content (AvgIpc) is 2.44. The molecule has 0 aliphatic rings. The molecule has 0 saturated carbocycles. The average molecular weight is 252 g/mol. The zero-order chi connectivity index (χ0) is 13.4. The summed E-state index contributed by atoms with van der Waals surface area (Å²) in [6, 6.07) is 10.1. The van der Waals surface area contributed by atoms with E-state index in [1.807, 2.05) is 38.4 Å². The molecular formula is C15H16N4. The van der Waals surface area contributed by atoms with Gasteiger partial charge in [-0.1, -0.05) is 0 Å². The van der Waals surface area contributed by atoms with Crippen molar-refractivity contribution in [1.82, 2.24) is 9.97 Å². The van der Waals surface area contributed by atoms with E-state index in [0.29, 0.717) is 0 Å². The molecule has 0 bridgehead atoms. The SMILES string of the molecule is CNc1ccc2nc3cc(C)c(NC)cc3nc2c1. The van der Waals surface area contributed by atoms with Crippen LogP contribution >= 0.6 is 0 Å². The fourth-order valence-electron chi connectivity index (χ4n) is 2.25. The highest BCUT2D eigenvalue weighted by Crippen LogP contribution is 2.24. The Labute approximate surface area is 111 Å². The summed E-state index contributed by atoms with van der Waals surface area (Å²) in [6.45, 7) is 2.07. The molecule has 0 aliphatic carbocycles. The Hall–Kier alpha value is -2.36. The number of rotatable bonds is 2. The zero-order valence-corrected chi connectivity index (χ0v) is 11.3. The minimum Gasteiger partial charge on any atom is -0.388 e. The first-order chi connectivity index (χ1) is 9.21. The van der Waals surface area contributed by atoms with Gasteiger partial charge < -0.3 is 10.6 Å². The van der Waals surface area contributed by atoms with E-state index in [0.717, 1.165) is 33.4 Å². The lowest BCUT2D eigenvalue weighted by atomic mass is 10.1. The highest BCUT2D eigenvalue weighted by Gasteiger charge is 2.05. The molecule has 1 heterocycles. The molecular weight excluding hydrogens is 236 g/mol. The Kier molecular flexibility index (Phi) is 2.71. The standard InChI is InChI=1S/C15H16N4/c1-9-6-13-15(8-12(9)17-3)19-14-7-10(16-2)4-5-11(14)18-13/h4-8,16-17H,1-3H3. The Morgan fingerprint density at radius 3 is 2.21 bits per heavy atom. The molecule has 4 heteroatoms. The molecule has 0 radical (unpaired) electrons. The number of fused-ring (bicyclic) bond motifs is 2. The smallest absolute Gasteiger partial charge is 0.0915 e. The van der Waals surface area contributed by atoms with E-state index in [9.17, 15) is 0 Å². The van der Waals surface area contributed by atoms with Gasteiger partial charge in [-0.3, -0.25) is 0 Å². The van der Waals surface area contributed by atoms with Crippen molar-refractivity contribution >= 4 is 33.4 Å². The van der Waals surface area contributed by atoms with Crippen LogP contribution in [0.5, 0.6) is 0 Å². The van der Waals surface area contributed by atoms with Crippen LogP contribution in [0.2, 0.25) is 0 Å². The van der Waals surface area contributed by atoms with Gasteiger partial charge >= 0.3 is 0 Å². The van der Waals surface area contributed by atoms with E-state index < -0.39 is 0 Å². The highest BCUT2D eigenvalue weighted by atomic mass is 14.9. The van der Waals surface area contributed by atoms with Crippen LogP contribution in [0.1, 0.15) is 5.56 Å². The van der Waals surface area contributed by atoms with Crippen LogP contribution in [0, 0.1) is 6.92 Å². The quantitative estimate of drug-likeness (QED) is 0.688. The Balaban J connectivity index is 2.32. The number of anilines is 2. The van der Waals surface area contributed by atoms with Gasteiger partial charge in [0, 0.05) is 25.5 Å². The normalized spacial score (nSPS) is 10.9. The third-order valence-corrected chi connectivity index (χ3v) is 3.34. The molecule has 0 saturated heterocycles. The van der Waals surface area contributed by atoms with Crippen LogP contribution < -0.4 is 10.6 Å². The number of hydrogen-bond acceptors (Lipinski definition) is 4. The number of aryl methyl sites for hydroxylation is 1. The summed E-state index contributed by atoms with van der Waals surface area (Å²) in [6.07, 6.45) is 0. The van der Waals surface area contributed by atoms with E-state index in [-0.39, 0.29) is 0 Å². The lowest BCUT2D eigenvalue weighted by Crippen LogP contribution is -1.95. The van der Waals surface area contributed by atoms with Crippen LogP contribution in [0.3, 0.4) is 0 Å². The van der Waals surface area contributed by atoms with Gasteiger partial charge in [-0.05, 0) is 42.8 Å². The molecule has 3 aromatic rings. The highest BCUT2D eigenvalue weighted by molar-refractivity contribution is 5.90. The van der Waals surface area contributed by atoms with Crippen LogP contribution in [0.15, 0.2) is 30.3 Å². The van der Waals surface area contributed by atoms with Gasteiger partial charge in [-0.25, -0.2) is 9.97 Å². The van der Waals surface area contributed by atoms with Gasteiger partial charge in [0.2, 0.25) is 0 Å². The lowest BCUT2D eigenvalue weighted by Gasteiger charge is -2.08. The van der Waals surface area contributed by atoms with Gasteiger partial charge in [-0.15, -0.1) is 0 Å². The predicted molar refractivity (Wildman–Crippen MR) is 80.9 cm³/mol. The van der Waals surface area contributed by atoms with E-state index in [2.05, 4.69) is 28.6 Å². The van der Waals surface area contributed by atoms with Crippen LogP contribution in [0.25, 0.3) is 22.1 Å². The van der Waals surface area contributed by atoms with Crippen molar-refractivity contribution in [2.75, 3.05) is 24.7 Å². The van der Waals surface area contributed by atoms with Gasteiger partial charge in [0.05, 0.1) is 22.1 Å². The second-order valence-corrected chi connectivity index (χ2v) is 4.58. The van der Waals surface area contributed by atoms with Gasteiger partial charge in [-0.2, -0.15) is 0 Å². The Morgan fingerprint density at radius 2 is 1.47 bits per heavy atom. The molecule has 2 aromatic carbocycles. The number of nitrogens with one attached hydrogen (secondary N) is 2. The molecule has 0 unspecified atom stereocenters. The maximum Gasteiger partial charge on any atom is 0.0915 e. The summed E-state index contributed by atoms with van der Waals surface area (Å²) in [5.74, 6) is 0. The van der Waals surface area contributed by atoms with Crippen molar-refractivity contribution < 1.29 is 0 Å². The molecule has 0 spiro atoms. The van der Waals surface area contributed by atoms with E-state index in [4.69, 9.17) is 4.98 Å². The number of aromatic nitrogens is 2. The Bertz CT molecular complexity index is 765. The zero-order valence-electron chi connectivity index (χ0n) is 11.3. The third-order valence-electron chi connectivity index (χ3n) is 3.34. The summed E-state index contributed by atoms with van der Waals surface area (Å²) in [4.78, 5) is 9.36. The molecule has 19 heavy (non-hydrogen) atoms. The number of hydrogen-bond donors (Lipinski definition) is 2. The summed E-state index contributed by atoms with van der Waals surface area (Å²) < 4.78 is 0. The molecule has 1 aromatic heterocycles. The molecule has 0 amide bonds. The maximum absolute atomic E-state index is 4.69. The van der Waals surface area contributed by atoms with Crippen molar-refractivity contribution in [3.63, 3.8) is 0 Å². The molecule has 0 aliphatic heterocycles. The monoisotopic (exact) mass is 252 g/mol. The topological polar surface area (TPSA) is 49.8 Å². The first-order valence-electron chi connectivity index (χ1n) is 6.29. The number of benzene rings is 2. The first kappa shape index (κ1) is 11.7. The molecule has 96 valence electrons.